The molecule has 0 atom stereocenters. The Hall–Kier alpha value is -2.04. The number of sulfonamides is 1. The lowest BCUT2D eigenvalue weighted by Gasteiger charge is -2.34. The highest BCUT2D eigenvalue weighted by Crippen LogP contribution is 2.27. The van der Waals surface area contributed by atoms with Crippen molar-refractivity contribution in [2.75, 3.05) is 45.9 Å². The van der Waals surface area contributed by atoms with Crippen LogP contribution >= 0.6 is 11.6 Å². The first-order valence-electron chi connectivity index (χ1n) is 9.90. The number of nitrogens with one attached hydrogen (secondary N) is 1. The van der Waals surface area contributed by atoms with Gasteiger partial charge in [0, 0.05) is 32.7 Å². The van der Waals surface area contributed by atoms with E-state index in [-0.39, 0.29) is 34.3 Å². The van der Waals surface area contributed by atoms with E-state index >= 15 is 0 Å². The number of halogens is 1. The van der Waals surface area contributed by atoms with Crippen molar-refractivity contribution in [1.82, 2.24) is 14.5 Å². The summed E-state index contributed by atoms with van der Waals surface area (Å²) in [5.74, 6) is -0.0183. The van der Waals surface area contributed by atoms with Crippen LogP contribution in [0.5, 0.6) is 5.75 Å². The van der Waals surface area contributed by atoms with Crippen LogP contribution in [-0.2, 0) is 19.6 Å². The molecule has 1 aromatic carbocycles. The van der Waals surface area contributed by atoms with Crippen LogP contribution in [-0.4, -0.2) is 76.2 Å². The Labute approximate surface area is 182 Å². The van der Waals surface area contributed by atoms with Crippen molar-refractivity contribution in [3.05, 3.63) is 23.2 Å². The lowest BCUT2D eigenvalue weighted by molar-refractivity contribution is -0.134. The molecule has 0 saturated carbocycles. The van der Waals surface area contributed by atoms with Gasteiger partial charge in [0.05, 0.1) is 16.5 Å². The highest BCUT2D eigenvalue weighted by molar-refractivity contribution is 7.89. The minimum atomic E-state index is -3.64. The first-order valence-corrected chi connectivity index (χ1v) is 11.8. The number of benzene rings is 1. The quantitative estimate of drug-likeness (QED) is 0.564. The molecule has 11 heteroatoms. The summed E-state index contributed by atoms with van der Waals surface area (Å²) < 4.78 is 37.5. The molecule has 2 rings (SSSR count). The molecular weight excluding hydrogens is 434 g/mol. The lowest BCUT2D eigenvalue weighted by atomic mass is 10.3. The molecule has 1 saturated heterocycles. The van der Waals surface area contributed by atoms with E-state index in [0.717, 1.165) is 12.8 Å². The highest BCUT2D eigenvalue weighted by Gasteiger charge is 2.25. The molecule has 0 aliphatic carbocycles. The second-order valence-electron chi connectivity index (χ2n) is 6.70. The van der Waals surface area contributed by atoms with Crippen LogP contribution in [0.1, 0.15) is 26.7 Å². The van der Waals surface area contributed by atoms with Crippen molar-refractivity contribution >= 4 is 33.6 Å². The minimum Gasteiger partial charge on any atom is -0.482 e. The third-order valence-corrected chi connectivity index (χ3v) is 6.30. The predicted molar refractivity (Wildman–Crippen MR) is 112 cm³/mol. The Kier molecular flexibility index (Phi) is 9.19. The Balaban J connectivity index is 1.87. The molecule has 9 nitrogen and oxygen atoms in total. The van der Waals surface area contributed by atoms with Crippen LogP contribution in [0.2, 0.25) is 5.02 Å². The molecule has 1 N–H and O–H groups in total. The number of hydrogen-bond donors (Lipinski definition) is 1. The van der Waals surface area contributed by atoms with Crippen molar-refractivity contribution in [3.8, 4) is 5.75 Å². The van der Waals surface area contributed by atoms with Crippen molar-refractivity contribution in [2.24, 2.45) is 0 Å². The van der Waals surface area contributed by atoms with E-state index in [0.29, 0.717) is 39.3 Å². The maximum absolute atomic E-state index is 12.4. The Bertz CT molecular complexity index is 841. The van der Waals surface area contributed by atoms with E-state index in [2.05, 4.69) is 4.72 Å². The van der Waals surface area contributed by atoms with Gasteiger partial charge in [-0.3, -0.25) is 4.79 Å². The van der Waals surface area contributed by atoms with E-state index < -0.39 is 10.0 Å². The number of ether oxygens (including phenoxy) is 2. The van der Waals surface area contributed by atoms with E-state index in [9.17, 15) is 18.0 Å². The number of carbonyl (C=O) groups excluding carboxylic acids is 2. The smallest absolute Gasteiger partial charge is 0.409 e. The third-order valence-electron chi connectivity index (χ3n) is 4.55. The summed E-state index contributed by atoms with van der Waals surface area (Å²) in [5.41, 5.74) is 0. The number of carbonyl (C=O) groups is 2. The first kappa shape index (κ1) is 24.2. The molecule has 1 heterocycles. The van der Waals surface area contributed by atoms with Gasteiger partial charge >= 0.3 is 6.09 Å². The number of piperazine rings is 1. The van der Waals surface area contributed by atoms with Crippen LogP contribution in [0.15, 0.2) is 23.1 Å². The van der Waals surface area contributed by atoms with E-state index in [1.165, 1.54) is 18.2 Å². The number of nitrogens with zero attached hydrogens (tertiary/aromatic N) is 2. The SMILES string of the molecule is CCCCNS(=O)(=O)c1ccc(OCC(=O)N2CCN(C(=O)OCC)CC2)c(Cl)c1. The predicted octanol–water partition coefficient (Wildman–Crippen LogP) is 2.10. The maximum Gasteiger partial charge on any atom is 0.409 e. The minimum absolute atomic E-state index is 0.0392. The van der Waals surface area contributed by atoms with Crippen LogP contribution in [0.3, 0.4) is 0 Å². The Morgan fingerprint density at radius 3 is 2.40 bits per heavy atom. The van der Waals surface area contributed by atoms with E-state index in [1.807, 2.05) is 6.92 Å². The van der Waals surface area contributed by atoms with Crippen molar-refractivity contribution in [3.63, 3.8) is 0 Å². The highest BCUT2D eigenvalue weighted by atomic mass is 35.5. The third kappa shape index (κ3) is 6.75. The summed E-state index contributed by atoms with van der Waals surface area (Å²) in [7, 11) is -3.64. The summed E-state index contributed by atoms with van der Waals surface area (Å²) >= 11 is 6.15. The average molecular weight is 462 g/mol. The first-order chi connectivity index (χ1) is 14.3. The number of hydrogen-bond acceptors (Lipinski definition) is 6. The summed E-state index contributed by atoms with van der Waals surface area (Å²) in [4.78, 5) is 27.3. The van der Waals surface area contributed by atoms with Crippen molar-refractivity contribution < 1.29 is 27.5 Å². The largest absolute Gasteiger partial charge is 0.482 e. The van der Waals surface area contributed by atoms with Gasteiger partial charge in [0.15, 0.2) is 6.61 Å². The lowest BCUT2D eigenvalue weighted by Crippen LogP contribution is -2.51. The topological polar surface area (TPSA) is 105 Å². The summed E-state index contributed by atoms with van der Waals surface area (Å²) in [6, 6.07) is 4.12. The van der Waals surface area contributed by atoms with E-state index in [1.54, 1.807) is 16.7 Å². The monoisotopic (exact) mass is 461 g/mol. The molecule has 168 valence electrons. The van der Waals surface area contributed by atoms with Gasteiger partial charge < -0.3 is 19.3 Å². The number of amides is 2. The zero-order chi connectivity index (χ0) is 22.1. The number of unbranched alkanes of at least 4 members (excludes halogenated alkanes) is 1. The zero-order valence-corrected chi connectivity index (χ0v) is 18.8. The van der Waals surface area contributed by atoms with E-state index in [4.69, 9.17) is 21.1 Å². The van der Waals surface area contributed by atoms with Gasteiger partial charge in [-0.15, -0.1) is 0 Å². The summed E-state index contributed by atoms with van der Waals surface area (Å²) in [6.45, 7) is 5.69. The van der Waals surface area contributed by atoms with Crippen LogP contribution in [0.25, 0.3) is 0 Å². The second kappa shape index (κ2) is 11.4. The van der Waals surface area contributed by atoms with Gasteiger partial charge in [-0.2, -0.15) is 0 Å². The van der Waals surface area contributed by atoms with Crippen LogP contribution in [0, 0.1) is 0 Å². The van der Waals surface area contributed by atoms with Gasteiger partial charge in [-0.25, -0.2) is 17.9 Å². The van der Waals surface area contributed by atoms with Crippen LogP contribution in [0.4, 0.5) is 4.79 Å². The normalized spacial score (nSPS) is 14.5. The zero-order valence-electron chi connectivity index (χ0n) is 17.2. The molecule has 1 aromatic rings. The van der Waals surface area contributed by atoms with Gasteiger partial charge in [-0.05, 0) is 31.5 Å². The molecule has 2 amide bonds. The number of rotatable bonds is 9. The molecule has 0 aromatic heterocycles. The second-order valence-corrected chi connectivity index (χ2v) is 8.87. The van der Waals surface area contributed by atoms with Crippen molar-refractivity contribution in [1.29, 1.82) is 0 Å². The molecule has 1 aliphatic heterocycles. The molecule has 1 aliphatic rings. The molecular formula is C19H28ClN3O6S. The Morgan fingerprint density at radius 2 is 1.80 bits per heavy atom. The fourth-order valence-corrected chi connectivity index (χ4v) is 4.22. The standard InChI is InChI=1S/C19H28ClN3O6S/c1-3-5-8-21-30(26,27)15-6-7-17(16(20)13-15)29-14-18(24)22-9-11-23(12-10-22)19(25)28-4-2/h6-7,13,21H,3-5,8-12,14H2,1-2H3. The Morgan fingerprint density at radius 1 is 1.13 bits per heavy atom. The molecule has 0 radical (unpaired) electrons. The fourth-order valence-electron chi connectivity index (χ4n) is 2.82. The molecule has 30 heavy (non-hydrogen) atoms. The maximum atomic E-state index is 12.4. The van der Waals surface area contributed by atoms with Gasteiger partial charge in [0.2, 0.25) is 10.0 Å². The fraction of sp³-hybridized carbons (Fsp3) is 0.579. The summed E-state index contributed by atoms with van der Waals surface area (Å²) in [5, 5.41) is 0.105. The van der Waals surface area contributed by atoms with Gasteiger partial charge in [-0.1, -0.05) is 24.9 Å². The molecule has 0 spiro atoms. The van der Waals surface area contributed by atoms with Crippen molar-refractivity contribution in [2.45, 2.75) is 31.6 Å². The molecule has 0 unspecified atom stereocenters. The molecule has 0 bridgehead atoms. The summed E-state index contributed by atoms with van der Waals surface area (Å²) in [6.07, 6.45) is 1.23. The van der Waals surface area contributed by atoms with Gasteiger partial charge in [0.1, 0.15) is 5.75 Å². The molecule has 1 fully saturated rings. The average Bonchev–Trinajstić information content (AvgIpc) is 2.73. The van der Waals surface area contributed by atoms with Gasteiger partial charge in [0.25, 0.3) is 5.91 Å². The van der Waals surface area contributed by atoms with Crippen LogP contribution < -0.4 is 9.46 Å².